The number of hydrogen-bond acceptors (Lipinski definition) is 4. The monoisotopic (exact) mass is 370 g/mol. The van der Waals surface area contributed by atoms with Crippen LogP contribution < -0.4 is 10.2 Å². The Kier molecular flexibility index (Phi) is 4.42. The fourth-order valence-corrected chi connectivity index (χ4v) is 3.49. The van der Waals surface area contributed by atoms with Crippen molar-refractivity contribution in [2.45, 2.75) is 6.92 Å². The molecule has 0 bridgehead atoms. The van der Waals surface area contributed by atoms with Crippen LogP contribution in [0.15, 0.2) is 36.8 Å². The highest BCUT2D eigenvalue weighted by atomic mass is 32.1. The molecule has 0 radical (unpaired) electrons. The highest BCUT2D eigenvalue weighted by Gasteiger charge is 2.22. The maximum absolute atomic E-state index is 13.0. The average Bonchev–Trinajstić information content (AvgIpc) is 3.05. The van der Waals surface area contributed by atoms with E-state index >= 15 is 0 Å². The average molecular weight is 370 g/mol. The normalized spacial score (nSPS) is 14.7. The lowest BCUT2D eigenvalue weighted by Crippen LogP contribution is -2.50. The van der Waals surface area contributed by atoms with E-state index in [1.54, 1.807) is 18.5 Å². The lowest BCUT2D eigenvalue weighted by Gasteiger charge is -2.37. The van der Waals surface area contributed by atoms with Crippen molar-refractivity contribution in [2.24, 2.45) is 0 Å². The number of aromatic nitrogens is 3. The summed E-state index contributed by atoms with van der Waals surface area (Å²) in [7, 11) is 0. The van der Waals surface area contributed by atoms with E-state index in [1.165, 1.54) is 12.1 Å². The molecule has 0 spiro atoms. The van der Waals surface area contributed by atoms with E-state index < -0.39 is 0 Å². The number of fused-ring (bicyclic) bond motifs is 1. The van der Waals surface area contributed by atoms with Gasteiger partial charge < -0.3 is 20.1 Å². The van der Waals surface area contributed by atoms with Crippen molar-refractivity contribution < 1.29 is 4.39 Å². The molecule has 1 fully saturated rings. The van der Waals surface area contributed by atoms with Crippen molar-refractivity contribution in [3.8, 4) is 0 Å². The molecule has 4 rings (SSSR count). The van der Waals surface area contributed by atoms with Crippen molar-refractivity contribution in [3.05, 3.63) is 48.2 Å². The molecule has 1 aromatic carbocycles. The summed E-state index contributed by atoms with van der Waals surface area (Å²) < 4.78 is 13.0. The molecule has 0 saturated carbocycles. The molecule has 3 aromatic rings. The molecule has 2 N–H and O–H groups in total. The van der Waals surface area contributed by atoms with Crippen molar-refractivity contribution in [2.75, 3.05) is 36.4 Å². The minimum atomic E-state index is -0.258. The number of halogens is 1. The lowest BCUT2D eigenvalue weighted by molar-refractivity contribution is 0.390. The molecule has 0 amide bonds. The number of rotatable bonds is 2. The lowest BCUT2D eigenvalue weighted by atomic mass is 10.2. The minimum Gasteiger partial charge on any atom is -0.352 e. The van der Waals surface area contributed by atoms with Gasteiger partial charge in [-0.15, -0.1) is 0 Å². The van der Waals surface area contributed by atoms with E-state index in [1.807, 2.05) is 6.20 Å². The standard InChI is InChI=1S/C18H19FN6S/c1-12-10-20-16-15(12)17(22-11-21-16)24-6-8-25(9-7-24)18(26)23-14-4-2-13(19)3-5-14/h2-5,10-11H,6-9H2,1H3,(H,23,26)(H,20,21,22). The summed E-state index contributed by atoms with van der Waals surface area (Å²) in [6, 6.07) is 6.21. The van der Waals surface area contributed by atoms with Gasteiger partial charge in [-0.2, -0.15) is 0 Å². The van der Waals surface area contributed by atoms with Gasteiger partial charge >= 0.3 is 0 Å². The van der Waals surface area contributed by atoms with Crippen LogP contribution >= 0.6 is 12.2 Å². The van der Waals surface area contributed by atoms with Gasteiger partial charge in [-0.1, -0.05) is 0 Å². The summed E-state index contributed by atoms with van der Waals surface area (Å²) in [5.74, 6) is 0.706. The second-order valence-electron chi connectivity index (χ2n) is 6.30. The summed E-state index contributed by atoms with van der Waals surface area (Å²) in [6.45, 7) is 5.29. The Morgan fingerprint density at radius 2 is 1.88 bits per heavy atom. The van der Waals surface area contributed by atoms with E-state index in [2.05, 4.69) is 37.0 Å². The van der Waals surface area contributed by atoms with Gasteiger partial charge in [0.05, 0.1) is 5.39 Å². The molecule has 6 nitrogen and oxygen atoms in total. The third kappa shape index (κ3) is 3.20. The van der Waals surface area contributed by atoms with Gasteiger partial charge in [0, 0.05) is 38.1 Å². The van der Waals surface area contributed by atoms with Gasteiger partial charge in [0.1, 0.15) is 23.6 Å². The van der Waals surface area contributed by atoms with Gasteiger partial charge in [0.15, 0.2) is 5.11 Å². The van der Waals surface area contributed by atoms with Crippen LogP contribution in [0.25, 0.3) is 11.0 Å². The topological polar surface area (TPSA) is 60.1 Å². The van der Waals surface area contributed by atoms with Crippen molar-refractivity contribution >= 4 is 39.9 Å². The summed E-state index contributed by atoms with van der Waals surface area (Å²) in [4.78, 5) is 16.4. The number of nitrogens with one attached hydrogen (secondary N) is 2. The Balaban J connectivity index is 1.43. The van der Waals surface area contributed by atoms with Gasteiger partial charge in [-0.05, 0) is 49.0 Å². The van der Waals surface area contributed by atoms with Gasteiger partial charge in [-0.3, -0.25) is 0 Å². The van der Waals surface area contributed by atoms with Crippen LogP contribution in [0.5, 0.6) is 0 Å². The van der Waals surface area contributed by atoms with Crippen molar-refractivity contribution in [3.63, 3.8) is 0 Å². The number of piperazine rings is 1. The van der Waals surface area contributed by atoms with Crippen LogP contribution in [-0.4, -0.2) is 51.1 Å². The number of benzene rings is 1. The maximum Gasteiger partial charge on any atom is 0.173 e. The highest BCUT2D eigenvalue weighted by molar-refractivity contribution is 7.80. The smallest absolute Gasteiger partial charge is 0.173 e. The fraction of sp³-hybridized carbons (Fsp3) is 0.278. The van der Waals surface area contributed by atoms with Crippen molar-refractivity contribution in [1.82, 2.24) is 19.9 Å². The molecule has 1 aliphatic rings. The number of hydrogen-bond donors (Lipinski definition) is 2. The van der Waals surface area contributed by atoms with Crippen LogP contribution in [0.1, 0.15) is 5.56 Å². The first-order valence-electron chi connectivity index (χ1n) is 8.47. The predicted molar refractivity (Wildman–Crippen MR) is 105 cm³/mol. The Bertz CT molecular complexity index is 931. The van der Waals surface area contributed by atoms with Crippen LogP contribution in [0.4, 0.5) is 15.9 Å². The fourth-order valence-electron chi connectivity index (χ4n) is 3.19. The third-order valence-electron chi connectivity index (χ3n) is 4.61. The first-order chi connectivity index (χ1) is 12.6. The zero-order chi connectivity index (χ0) is 18.1. The molecule has 3 heterocycles. The van der Waals surface area contributed by atoms with Crippen LogP contribution in [0.2, 0.25) is 0 Å². The highest BCUT2D eigenvalue weighted by Crippen LogP contribution is 2.26. The molecule has 8 heteroatoms. The molecule has 0 unspecified atom stereocenters. The molecular formula is C18H19FN6S. The van der Waals surface area contributed by atoms with Crippen LogP contribution in [-0.2, 0) is 0 Å². The van der Waals surface area contributed by atoms with E-state index in [9.17, 15) is 4.39 Å². The zero-order valence-electron chi connectivity index (χ0n) is 14.4. The first kappa shape index (κ1) is 16.7. The van der Waals surface area contributed by atoms with E-state index in [4.69, 9.17) is 12.2 Å². The number of aryl methyl sites for hydroxylation is 1. The SMILES string of the molecule is Cc1c[nH]c2ncnc(N3CCN(C(=S)Nc4ccc(F)cc4)CC3)c12. The predicted octanol–water partition coefficient (Wildman–Crippen LogP) is 2.92. The largest absolute Gasteiger partial charge is 0.352 e. The molecule has 0 atom stereocenters. The Morgan fingerprint density at radius 3 is 2.62 bits per heavy atom. The number of aromatic amines is 1. The van der Waals surface area contributed by atoms with E-state index in [0.717, 1.165) is 54.3 Å². The Labute approximate surface area is 156 Å². The minimum absolute atomic E-state index is 0.258. The van der Waals surface area contributed by atoms with E-state index in [-0.39, 0.29) is 5.82 Å². The molecule has 26 heavy (non-hydrogen) atoms. The van der Waals surface area contributed by atoms with Gasteiger partial charge in [-0.25, -0.2) is 14.4 Å². The van der Waals surface area contributed by atoms with Gasteiger partial charge in [0.2, 0.25) is 0 Å². The molecule has 0 aliphatic carbocycles. The summed E-state index contributed by atoms with van der Waals surface area (Å²) in [5.41, 5.74) is 2.80. The summed E-state index contributed by atoms with van der Waals surface area (Å²) in [6.07, 6.45) is 3.56. The third-order valence-corrected chi connectivity index (χ3v) is 4.97. The second-order valence-corrected chi connectivity index (χ2v) is 6.69. The second kappa shape index (κ2) is 6.87. The molecule has 1 aliphatic heterocycles. The maximum atomic E-state index is 13.0. The zero-order valence-corrected chi connectivity index (χ0v) is 15.2. The molecular weight excluding hydrogens is 351 g/mol. The molecule has 134 valence electrons. The summed E-state index contributed by atoms with van der Waals surface area (Å²) >= 11 is 5.50. The van der Waals surface area contributed by atoms with Crippen molar-refractivity contribution in [1.29, 1.82) is 0 Å². The quantitative estimate of drug-likeness (QED) is 0.677. The van der Waals surface area contributed by atoms with Gasteiger partial charge in [0.25, 0.3) is 0 Å². The first-order valence-corrected chi connectivity index (χ1v) is 8.88. The Morgan fingerprint density at radius 1 is 1.15 bits per heavy atom. The number of thiocarbonyl (C=S) groups is 1. The molecule has 1 saturated heterocycles. The number of anilines is 2. The summed E-state index contributed by atoms with van der Waals surface area (Å²) in [5, 5.41) is 4.90. The Hall–Kier alpha value is -2.74. The van der Waals surface area contributed by atoms with Crippen LogP contribution in [0.3, 0.4) is 0 Å². The number of H-pyrrole nitrogens is 1. The van der Waals surface area contributed by atoms with E-state index in [0.29, 0.717) is 5.11 Å². The number of nitrogens with zero attached hydrogens (tertiary/aromatic N) is 4. The van der Waals surface area contributed by atoms with Crippen LogP contribution in [0, 0.1) is 12.7 Å². The molecule has 2 aromatic heterocycles.